The lowest BCUT2D eigenvalue weighted by Gasteiger charge is -2.12. The van der Waals surface area contributed by atoms with Crippen molar-refractivity contribution in [3.8, 4) is 11.4 Å². The second-order valence-corrected chi connectivity index (χ2v) is 6.95. The van der Waals surface area contributed by atoms with Gasteiger partial charge in [-0.1, -0.05) is 23.8 Å². The van der Waals surface area contributed by atoms with Gasteiger partial charge in [-0.25, -0.2) is 9.78 Å². The fraction of sp³-hybridized carbons (Fsp3) is 0.222. The second kappa shape index (κ2) is 6.72. The molecule has 3 rings (SSSR count). The Labute approximate surface area is 152 Å². The molecule has 134 valence electrons. The number of thiophene rings is 1. The van der Waals surface area contributed by atoms with Crippen LogP contribution in [0.1, 0.15) is 27.2 Å². The monoisotopic (exact) mass is 372 g/mol. The zero-order chi connectivity index (χ0) is 19.0. The van der Waals surface area contributed by atoms with Crippen LogP contribution < -0.4 is 5.56 Å². The number of carboxylic acids is 2. The number of aliphatic carboxylic acids is 1. The molecule has 0 amide bonds. The Hall–Kier alpha value is -3.00. The lowest BCUT2D eigenvalue weighted by Crippen LogP contribution is -2.24. The molecule has 26 heavy (non-hydrogen) atoms. The number of aryl methyl sites for hydroxylation is 2. The molecule has 0 saturated carbocycles. The molecule has 2 heterocycles. The number of benzene rings is 1. The molecule has 0 spiro atoms. The minimum Gasteiger partial charge on any atom is -0.481 e. The van der Waals surface area contributed by atoms with Crippen molar-refractivity contribution in [2.75, 3.05) is 0 Å². The highest BCUT2D eigenvalue weighted by Crippen LogP contribution is 2.29. The fourth-order valence-electron chi connectivity index (χ4n) is 2.84. The topological polar surface area (TPSA) is 109 Å². The summed E-state index contributed by atoms with van der Waals surface area (Å²) in [7, 11) is 0. The second-order valence-electron chi connectivity index (χ2n) is 5.95. The van der Waals surface area contributed by atoms with Crippen LogP contribution in [0.3, 0.4) is 0 Å². The van der Waals surface area contributed by atoms with E-state index in [4.69, 9.17) is 5.11 Å². The average Bonchev–Trinajstić information content (AvgIpc) is 2.91. The summed E-state index contributed by atoms with van der Waals surface area (Å²) < 4.78 is 1.32. The minimum atomic E-state index is -1.11. The Morgan fingerprint density at radius 3 is 2.58 bits per heavy atom. The first-order valence-corrected chi connectivity index (χ1v) is 8.67. The molecular formula is C18H16N2O5S. The van der Waals surface area contributed by atoms with E-state index in [2.05, 4.69) is 4.98 Å². The Balaban J connectivity index is 2.34. The van der Waals surface area contributed by atoms with Crippen LogP contribution in [0.15, 0.2) is 29.1 Å². The van der Waals surface area contributed by atoms with E-state index in [1.807, 2.05) is 25.1 Å². The molecule has 7 nitrogen and oxygen atoms in total. The predicted octanol–water partition coefficient (Wildman–Crippen LogP) is 2.91. The van der Waals surface area contributed by atoms with E-state index < -0.39 is 17.5 Å². The zero-order valence-electron chi connectivity index (χ0n) is 14.1. The van der Waals surface area contributed by atoms with Gasteiger partial charge in [0.15, 0.2) is 0 Å². The summed E-state index contributed by atoms with van der Waals surface area (Å²) in [6.45, 7) is 3.43. The SMILES string of the molecule is Cc1cccc(-c2nc3sc(C(=O)O)c(C)c3c(=O)n2CCC(=O)O)c1. The summed E-state index contributed by atoms with van der Waals surface area (Å²) in [5, 5.41) is 18.6. The van der Waals surface area contributed by atoms with Crippen molar-refractivity contribution in [2.24, 2.45) is 0 Å². The molecule has 8 heteroatoms. The first-order valence-electron chi connectivity index (χ1n) is 7.85. The van der Waals surface area contributed by atoms with Gasteiger partial charge in [0, 0.05) is 12.1 Å². The molecule has 0 aliphatic rings. The predicted molar refractivity (Wildman–Crippen MR) is 98.0 cm³/mol. The van der Waals surface area contributed by atoms with Gasteiger partial charge < -0.3 is 10.2 Å². The molecule has 0 unspecified atom stereocenters. The van der Waals surface area contributed by atoms with E-state index in [9.17, 15) is 19.5 Å². The van der Waals surface area contributed by atoms with Crippen LogP contribution in [0, 0.1) is 13.8 Å². The summed E-state index contributed by atoms with van der Waals surface area (Å²) in [6.07, 6.45) is -0.235. The van der Waals surface area contributed by atoms with E-state index in [-0.39, 0.29) is 23.2 Å². The summed E-state index contributed by atoms with van der Waals surface area (Å²) >= 11 is 0.952. The summed E-state index contributed by atoms with van der Waals surface area (Å²) in [4.78, 5) is 40.3. The minimum absolute atomic E-state index is 0.0436. The van der Waals surface area contributed by atoms with Crippen molar-refractivity contribution in [3.05, 3.63) is 50.6 Å². The van der Waals surface area contributed by atoms with Crippen LogP contribution in [-0.2, 0) is 11.3 Å². The molecular weight excluding hydrogens is 356 g/mol. The molecule has 0 aliphatic heterocycles. The van der Waals surface area contributed by atoms with Gasteiger partial charge in [0.2, 0.25) is 0 Å². The molecule has 0 aliphatic carbocycles. The highest BCUT2D eigenvalue weighted by Gasteiger charge is 2.22. The third-order valence-electron chi connectivity index (χ3n) is 4.07. The maximum Gasteiger partial charge on any atom is 0.346 e. The number of carboxylic acid groups (broad SMARTS) is 2. The van der Waals surface area contributed by atoms with Gasteiger partial charge in [-0.05, 0) is 25.5 Å². The number of hydrogen-bond acceptors (Lipinski definition) is 5. The Morgan fingerprint density at radius 2 is 1.96 bits per heavy atom. The smallest absolute Gasteiger partial charge is 0.346 e. The van der Waals surface area contributed by atoms with Crippen molar-refractivity contribution in [1.29, 1.82) is 0 Å². The quantitative estimate of drug-likeness (QED) is 0.713. The number of nitrogens with zero attached hydrogens (tertiary/aromatic N) is 2. The summed E-state index contributed by atoms with van der Waals surface area (Å²) in [6, 6.07) is 7.37. The Morgan fingerprint density at radius 1 is 1.23 bits per heavy atom. The normalized spacial score (nSPS) is 11.0. The maximum atomic E-state index is 13.0. The van der Waals surface area contributed by atoms with Gasteiger partial charge in [-0.2, -0.15) is 0 Å². The molecule has 0 radical (unpaired) electrons. The van der Waals surface area contributed by atoms with Crippen LogP contribution in [0.25, 0.3) is 21.6 Å². The number of aromatic carboxylic acids is 1. The molecule has 0 fully saturated rings. The first-order chi connectivity index (χ1) is 12.3. The van der Waals surface area contributed by atoms with Crippen LogP contribution in [-0.4, -0.2) is 31.7 Å². The van der Waals surface area contributed by atoms with Gasteiger partial charge in [0.05, 0.1) is 11.8 Å². The van der Waals surface area contributed by atoms with Crippen LogP contribution in [0.4, 0.5) is 0 Å². The number of carbonyl (C=O) groups is 2. The molecule has 3 aromatic rings. The largest absolute Gasteiger partial charge is 0.481 e. The number of fused-ring (bicyclic) bond motifs is 1. The van der Waals surface area contributed by atoms with E-state index in [1.54, 1.807) is 13.0 Å². The molecule has 0 atom stereocenters. The van der Waals surface area contributed by atoms with Crippen LogP contribution in [0.2, 0.25) is 0 Å². The van der Waals surface area contributed by atoms with E-state index in [0.29, 0.717) is 21.8 Å². The van der Waals surface area contributed by atoms with Crippen molar-refractivity contribution < 1.29 is 19.8 Å². The van der Waals surface area contributed by atoms with Gasteiger partial charge in [0.25, 0.3) is 5.56 Å². The number of rotatable bonds is 5. The summed E-state index contributed by atoms with van der Waals surface area (Å²) in [5.41, 5.74) is 1.58. The number of aromatic nitrogens is 2. The average molecular weight is 372 g/mol. The van der Waals surface area contributed by atoms with E-state index in [0.717, 1.165) is 16.9 Å². The van der Waals surface area contributed by atoms with Crippen LogP contribution in [0.5, 0.6) is 0 Å². The Kier molecular flexibility index (Phi) is 4.60. The van der Waals surface area contributed by atoms with Crippen molar-refractivity contribution >= 4 is 33.5 Å². The van der Waals surface area contributed by atoms with Gasteiger partial charge in [-0.3, -0.25) is 14.2 Å². The Bertz CT molecular complexity index is 1100. The van der Waals surface area contributed by atoms with Crippen molar-refractivity contribution in [1.82, 2.24) is 9.55 Å². The third kappa shape index (κ3) is 3.11. The standard InChI is InChI=1S/C18H16N2O5S/c1-9-4-3-5-11(8-9)15-19-16-13(10(2)14(26-16)18(24)25)17(23)20(15)7-6-12(21)22/h3-5,8H,6-7H2,1-2H3,(H,21,22)(H,24,25). The highest BCUT2D eigenvalue weighted by molar-refractivity contribution is 7.20. The maximum absolute atomic E-state index is 13.0. The zero-order valence-corrected chi connectivity index (χ0v) is 15.0. The molecule has 2 N–H and O–H groups in total. The van der Waals surface area contributed by atoms with Crippen molar-refractivity contribution in [2.45, 2.75) is 26.8 Å². The lowest BCUT2D eigenvalue weighted by molar-refractivity contribution is -0.137. The highest BCUT2D eigenvalue weighted by atomic mass is 32.1. The summed E-state index contributed by atoms with van der Waals surface area (Å²) in [5.74, 6) is -1.80. The van der Waals surface area contributed by atoms with Gasteiger partial charge in [0.1, 0.15) is 15.5 Å². The number of hydrogen-bond donors (Lipinski definition) is 2. The fourth-order valence-corrected chi connectivity index (χ4v) is 3.85. The van der Waals surface area contributed by atoms with E-state index >= 15 is 0 Å². The lowest BCUT2D eigenvalue weighted by atomic mass is 10.1. The third-order valence-corrected chi connectivity index (χ3v) is 5.24. The van der Waals surface area contributed by atoms with Gasteiger partial charge in [-0.15, -0.1) is 11.3 Å². The van der Waals surface area contributed by atoms with Gasteiger partial charge >= 0.3 is 11.9 Å². The first kappa shape index (κ1) is 17.8. The van der Waals surface area contributed by atoms with E-state index in [1.165, 1.54) is 4.57 Å². The molecule has 0 saturated heterocycles. The molecule has 2 aromatic heterocycles. The molecule has 1 aromatic carbocycles. The molecule has 0 bridgehead atoms. The van der Waals surface area contributed by atoms with Crippen LogP contribution >= 0.6 is 11.3 Å². The van der Waals surface area contributed by atoms with Crippen molar-refractivity contribution in [3.63, 3.8) is 0 Å².